The molecule has 2 rings (SSSR count). The fourth-order valence-electron chi connectivity index (χ4n) is 2.64. The molecule has 0 bridgehead atoms. The predicted molar refractivity (Wildman–Crippen MR) is 84.7 cm³/mol. The van der Waals surface area contributed by atoms with Crippen molar-refractivity contribution < 1.29 is 4.79 Å². The van der Waals surface area contributed by atoms with E-state index in [0.717, 1.165) is 38.8 Å². The largest absolute Gasteiger partial charge is 0.393 e. The number of carbonyl (C=O) groups excluding carboxylic acids is 1. The van der Waals surface area contributed by atoms with E-state index in [0.29, 0.717) is 24.4 Å². The van der Waals surface area contributed by atoms with Gasteiger partial charge in [0.2, 0.25) is 5.91 Å². The van der Waals surface area contributed by atoms with Crippen LogP contribution in [0.15, 0.2) is 0 Å². The van der Waals surface area contributed by atoms with Crippen molar-refractivity contribution in [3.8, 4) is 0 Å². The molecule has 1 saturated carbocycles. The highest BCUT2D eigenvalue weighted by atomic mass is 32.1. The molecule has 1 saturated heterocycles. The first-order valence-electron chi connectivity index (χ1n) is 7.55. The molecule has 0 aromatic rings. The van der Waals surface area contributed by atoms with Gasteiger partial charge in [-0.15, -0.1) is 0 Å². The third-order valence-corrected chi connectivity index (χ3v) is 4.44. The lowest BCUT2D eigenvalue weighted by atomic mass is 10.2. The summed E-state index contributed by atoms with van der Waals surface area (Å²) >= 11 is 4.83. The van der Waals surface area contributed by atoms with Gasteiger partial charge in [0.1, 0.15) is 0 Å². The molecular formula is C14H26N4OS. The summed E-state index contributed by atoms with van der Waals surface area (Å²) in [6.07, 6.45) is 3.97. The monoisotopic (exact) mass is 298 g/mol. The first kappa shape index (κ1) is 15.7. The van der Waals surface area contributed by atoms with Gasteiger partial charge in [-0.25, -0.2) is 0 Å². The summed E-state index contributed by atoms with van der Waals surface area (Å²) in [5.41, 5.74) is 5.45. The summed E-state index contributed by atoms with van der Waals surface area (Å²) < 4.78 is 0. The second kappa shape index (κ2) is 7.33. The Hall–Kier alpha value is -0.720. The van der Waals surface area contributed by atoms with E-state index in [1.807, 2.05) is 7.05 Å². The molecule has 0 radical (unpaired) electrons. The second-order valence-corrected chi connectivity index (χ2v) is 6.41. The van der Waals surface area contributed by atoms with Gasteiger partial charge in [-0.1, -0.05) is 12.2 Å². The fraction of sp³-hybridized carbons (Fsp3) is 0.857. The van der Waals surface area contributed by atoms with Crippen molar-refractivity contribution in [2.45, 2.75) is 31.7 Å². The van der Waals surface area contributed by atoms with Crippen LogP contribution in [0.3, 0.4) is 0 Å². The zero-order valence-electron chi connectivity index (χ0n) is 12.4. The molecule has 2 N–H and O–H groups in total. The zero-order valence-corrected chi connectivity index (χ0v) is 13.2. The molecule has 1 aliphatic carbocycles. The Morgan fingerprint density at radius 3 is 2.45 bits per heavy atom. The summed E-state index contributed by atoms with van der Waals surface area (Å²) in [4.78, 5) is 19.2. The molecular weight excluding hydrogens is 272 g/mol. The molecule has 5 nitrogen and oxygen atoms in total. The molecule has 20 heavy (non-hydrogen) atoms. The van der Waals surface area contributed by atoms with E-state index >= 15 is 0 Å². The Labute approximate surface area is 127 Å². The summed E-state index contributed by atoms with van der Waals surface area (Å²) in [5.74, 6) is 0.186. The number of nitrogens with two attached hydrogens (primary N) is 1. The van der Waals surface area contributed by atoms with Gasteiger partial charge < -0.3 is 15.5 Å². The molecule has 1 amide bonds. The number of rotatable bonds is 7. The van der Waals surface area contributed by atoms with Crippen LogP contribution in [0.1, 0.15) is 25.7 Å². The van der Waals surface area contributed by atoms with Crippen LogP contribution in [0.25, 0.3) is 0 Å². The predicted octanol–water partition coefficient (Wildman–Crippen LogP) is 0.291. The molecule has 0 spiro atoms. The second-order valence-electron chi connectivity index (χ2n) is 5.89. The van der Waals surface area contributed by atoms with Crippen molar-refractivity contribution in [3.05, 3.63) is 0 Å². The van der Waals surface area contributed by atoms with Crippen LogP contribution in [0.2, 0.25) is 0 Å². The van der Waals surface area contributed by atoms with Gasteiger partial charge in [-0.05, 0) is 12.8 Å². The van der Waals surface area contributed by atoms with E-state index in [1.54, 1.807) is 4.90 Å². The standard InChI is InChI=1S/C14H26N4OS/c1-16(6-4-13(15)20)14(19)5-7-17-8-10-18(11-9-17)12-2-3-12/h12H,2-11H2,1H3,(H2,15,20). The Kier molecular flexibility index (Phi) is 5.74. The molecule has 6 heteroatoms. The van der Waals surface area contributed by atoms with E-state index < -0.39 is 0 Å². The van der Waals surface area contributed by atoms with Crippen LogP contribution in [0, 0.1) is 0 Å². The van der Waals surface area contributed by atoms with Gasteiger partial charge in [0, 0.05) is 65.2 Å². The van der Waals surface area contributed by atoms with Crippen molar-refractivity contribution in [2.75, 3.05) is 46.3 Å². The maximum absolute atomic E-state index is 12.0. The van der Waals surface area contributed by atoms with Crippen LogP contribution in [0.4, 0.5) is 0 Å². The first-order valence-corrected chi connectivity index (χ1v) is 7.96. The van der Waals surface area contributed by atoms with E-state index in [-0.39, 0.29) is 5.91 Å². The van der Waals surface area contributed by atoms with E-state index in [9.17, 15) is 4.79 Å². The Balaban J connectivity index is 1.59. The maximum atomic E-state index is 12.0. The topological polar surface area (TPSA) is 52.8 Å². The number of thiocarbonyl (C=S) groups is 1. The van der Waals surface area contributed by atoms with Crippen molar-refractivity contribution >= 4 is 23.1 Å². The maximum Gasteiger partial charge on any atom is 0.223 e. The zero-order chi connectivity index (χ0) is 14.5. The lowest BCUT2D eigenvalue weighted by Gasteiger charge is -2.34. The van der Waals surface area contributed by atoms with E-state index in [4.69, 9.17) is 18.0 Å². The van der Waals surface area contributed by atoms with Gasteiger partial charge in [-0.3, -0.25) is 9.69 Å². The van der Waals surface area contributed by atoms with Crippen LogP contribution >= 0.6 is 12.2 Å². The quantitative estimate of drug-likeness (QED) is 0.685. The van der Waals surface area contributed by atoms with Crippen LogP contribution < -0.4 is 5.73 Å². The number of carbonyl (C=O) groups is 1. The van der Waals surface area contributed by atoms with Crippen molar-refractivity contribution in [1.29, 1.82) is 0 Å². The van der Waals surface area contributed by atoms with Crippen molar-refractivity contribution in [3.63, 3.8) is 0 Å². The average molecular weight is 298 g/mol. The molecule has 0 unspecified atom stereocenters. The summed E-state index contributed by atoms with van der Waals surface area (Å²) in [7, 11) is 1.83. The summed E-state index contributed by atoms with van der Waals surface area (Å²) in [6, 6.07) is 0.866. The lowest BCUT2D eigenvalue weighted by Crippen LogP contribution is -2.48. The van der Waals surface area contributed by atoms with E-state index in [1.165, 1.54) is 12.8 Å². The molecule has 0 atom stereocenters. The number of amides is 1. The molecule has 2 aliphatic rings. The minimum Gasteiger partial charge on any atom is -0.393 e. The van der Waals surface area contributed by atoms with E-state index in [2.05, 4.69) is 9.80 Å². The Bertz CT molecular complexity index is 351. The molecule has 2 fully saturated rings. The van der Waals surface area contributed by atoms with Gasteiger partial charge in [0.05, 0.1) is 4.99 Å². The molecule has 114 valence electrons. The van der Waals surface area contributed by atoms with Crippen molar-refractivity contribution in [2.24, 2.45) is 5.73 Å². The molecule has 1 heterocycles. The smallest absolute Gasteiger partial charge is 0.223 e. The van der Waals surface area contributed by atoms with Crippen LogP contribution in [-0.2, 0) is 4.79 Å². The van der Waals surface area contributed by atoms with Gasteiger partial charge >= 0.3 is 0 Å². The number of nitrogens with zero attached hydrogens (tertiary/aromatic N) is 3. The number of piperazine rings is 1. The summed E-state index contributed by atoms with van der Waals surface area (Å²) in [5, 5.41) is 0. The number of hydrogen-bond acceptors (Lipinski definition) is 4. The highest BCUT2D eigenvalue weighted by Gasteiger charge is 2.31. The Morgan fingerprint density at radius 1 is 1.25 bits per heavy atom. The lowest BCUT2D eigenvalue weighted by molar-refractivity contribution is -0.130. The third kappa shape index (κ3) is 5.00. The molecule has 1 aliphatic heterocycles. The first-order chi connectivity index (χ1) is 9.56. The third-order valence-electron chi connectivity index (χ3n) is 4.23. The average Bonchev–Trinajstić information content (AvgIpc) is 3.27. The SMILES string of the molecule is CN(CCC(N)=S)C(=O)CCN1CCN(C2CC2)CC1. The Morgan fingerprint density at radius 2 is 1.90 bits per heavy atom. The minimum absolute atomic E-state index is 0.186. The van der Waals surface area contributed by atoms with Gasteiger partial charge in [-0.2, -0.15) is 0 Å². The molecule has 0 aromatic carbocycles. The highest BCUT2D eigenvalue weighted by molar-refractivity contribution is 7.80. The van der Waals surface area contributed by atoms with Gasteiger partial charge in [0.25, 0.3) is 0 Å². The highest BCUT2D eigenvalue weighted by Crippen LogP contribution is 2.27. The minimum atomic E-state index is 0.186. The fourth-order valence-corrected chi connectivity index (χ4v) is 2.73. The van der Waals surface area contributed by atoms with Crippen LogP contribution in [-0.4, -0.2) is 78.0 Å². The van der Waals surface area contributed by atoms with Crippen LogP contribution in [0.5, 0.6) is 0 Å². The van der Waals surface area contributed by atoms with Crippen molar-refractivity contribution in [1.82, 2.24) is 14.7 Å². The van der Waals surface area contributed by atoms with Gasteiger partial charge in [0.15, 0.2) is 0 Å². The summed E-state index contributed by atoms with van der Waals surface area (Å²) in [6.45, 7) is 6.02. The molecule has 0 aromatic heterocycles. The number of hydrogen-bond donors (Lipinski definition) is 1. The normalized spacial score (nSPS) is 20.9.